The van der Waals surface area contributed by atoms with Crippen molar-refractivity contribution in [3.8, 4) is 0 Å². The van der Waals surface area contributed by atoms with Crippen molar-refractivity contribution in [1.82, 2.24) is 5.32 Å². The minimum Gasteiger partial charge on any atom is -0.394 e. The molecule has 0 bridgehead atoms. The standard InChI is InChI=1S/C35H69NO4/c1-3-5-7-9-11-13-15-17-18-20-22-24-26-28-30-34(39)35(40)36-32(31-37)33(38)29-27-25-23-21-19-16-14-12-10-8-6-4-2/h27,29,32-34,37-39H,3-26,28,30-31H2,1-2H3,(H,36,40)/b29-27+. The average Bonchev–Trinajstić information content (AvgIpc) is 2.96. The van der Waals surface area contributed by atoms with Crippen LogP contribution in [-0.2, 0) is 4.79 Å². The summed E-state index contributed by atoms with van der Waals surface area (Å²) in [4.78, 5) is 12.3. The average molecular weight is 568 g/mol. The Labute approximate surface area is 249 Å². The summed E-state index contributed by atoms with van der Waals surface area (Å²) in [6.07, 6.45) is 33.6. The van der Waals surface area contributed by atoms with Crippen LogP contribution < -0.4 is 5.32 Å². The van der Waals surface area contributed by atoms with E-state index in [1.807, 2.05) is 6.08 Å². The maximum absolute atomic E-state index is 12.3. The van der Waals surface area contributed by atoms with Gasteiger partial charge in [0, 0.05) is 0 Å². The van der Waals surface area contributed by atoms with E-state index in [2.05, 4.69) is 19.2 Å². The molecule has 0 aliphatic heterocycles. The van der Waals surface area contributed by atoms with Crippen LogP contribution in [-0.4, -0.2) is 46.1 Å². The number of amides is 1. The van der Waals surface area contributed by atoms with Gasteiger partial charge in [0.25, 0.3) is 0 Å². The first-order valence-corrected chi connectivity index (χ1v) is 17.5. The fourth-order valence-electron chi connectivity index (χ4n) is 5.30. The molecule has 0 rings (SSSR count). The maximum atomic E-state index is 12.3. The smallest absolute Gasteiger partial charge is 0.249 e. The molecule has 0 aromatic carbocycles. The summed E-state index contributed by atoms with van der Waals surface area (Å²) >= 11 is 0. The Morgan fingerprint density at radius 3 is 1.38 bits per heavy atom. The summed E-state index contributed by atoms with van der Waals surface area (Å²) in [6.45, 7) is 4.15. The molecule has 1 amide bonds. The first-order chi connectivity index (χ1) is 19.6. The summed E-state index contributed by atoms with van der Waals surface area (Å²) in [7, 11) is 0. The molecular weight excluding hydrogens is 498 g/mol. The molecule has 3 unspecified atom stereocenters. The highest BCUT2D eigenvalue weighted by atomic mass is 16.3. The summed E-state index contributed by atoms with van der Waals surface area (Å²) in [5, 5.41) is 32.9. The van der Waals surface area contributed by atoms with Crippen molar-refractivity contribution in [2.45, 2.75) is 199 Å². The van der Waals surface area contributed by atoms with Gasteiger partial charge >= 0.3 is 0 Å². The second-order valence-corrected chi connectivity index (χ2v) is 12.1. The predicted molar refractivity (Wildman–Crippen MR) is 172 cm³/mol. The molecule has 0 aliphatic rings. The monoisotopic (exact) mass is 568 g/mol. The van der Waals surface area contributed by atoms with E-state index in [4.69, 9.17) is 0 Å². The molecule has 0 aromatic heterocycles. The molecule has 0 heterocycles. The van der Waals surface area contributed by atoms with Gasteiger partial charge in [0.05, 0.1) is 18.8 Å². The quantitative estimate of drug-likeness (QED) is 0.0497. The van der Waals surface area contributed by atoms with Crippen LogP contribution in [0.15, 0.2) is 12.2 Å². The van der Waals surface area contributed by atoms with Crippen molar-refractivity contribution in [2.75, 3.05) is 6.61 Å². The molecule has 0 fully saturated rings. The fraction of sp³-hybridized carbons (Fsp3) is 0.914. The van der Waals surface area contributed by atoms with Gasteiger partial charge in [-0.15, -0.1) is 0 Å². The normalized spacial score (nSPS) is 14.0. The summed E-state index contributed by atoms with van der Waals surface area (Å²) in [6, 6.07) is -0.789. The van der Waals surface area contributed by atoms with E-state index in [-0.39, 0.29) is 6.61 Å². The summed E-state index contributed by atoms with van der Waals surface area (Å²) < 4.78 is 0. The lowest BCUT2D eigenvalue weighted by molar-refractivity contribution is -0.131. The van der Waals surface area contributed by atoms with E-state index in [1.54, 1.807) is 6.08 Å². The van der Waals surface area contributed by atoms with Crippen molar-refractivity contribution >= 4 is 5.91 Å². The van der Waals surface area contributed by atoms with Gasteiger partial charge in [-0.2, -0.15) is 0 Å². The molecule has 5 nitrogen and oxygen atoms in total. The molecule has 0 saturated heterocycles. The van der Waals surface area contributed by atoms with Crippen LogP contribution >= 0.6 is 0 Å². The topological polar surface area (TPSA) is 89.8 Å². The Balaban J connectivity index is 3.75. The predicted octanol–water partition coefficient (Wildman–Crippen LogP) is 8.92. The third-order valence-corrected chi connectivity index (χ3v) is 8.13. The van der Waals surface area contributed by atoms with E-state index < -0.39 is 24.2 Å². The largest absolute Gasteiger partial charge is 0.394 e. The number of aliphatic hydroxyl groups excluding tert-OH is 3. The lowest BCUT2D eigenvalue weighted by Crippen LogP contribution is -2.48. The number of allylic oxidation sites excluding steroid dienone is 1. The van der Waals surface area contributed by atoms with Gasteiger partial charge in [-0.25, -0.2) is 0 Å². The van der Waals surface area contributed by atoms with Crippen LogP contribution in [0.4, 0.5) is 0 Å². The van der Waals surface area contributed by atoms with E-state index in [0.717, 1.165) is 32.1 Å². The molecule has 0 aromatic rings. The van der Waals surface area contributed by atoms with Crippen molar-refractivity contribution in [3.05, 3.63) is 12.2 Å². The lowest BCUT2D eigenvalue weighted by atomic mass is 10.0. The Morgan fingerprint density at radius 1 is 0.600 bits per heavy atom. The number of carbonyl (C=O) groups excluding carboxylic acids is 1. The number of hydrogen-bond donors (Lipinski definition) is 4. The Kier molecular flexibility index (Phi) is 30.3. The van der Waals surface area contributed by atoms with Crippen LogP contribution in [0, 0.1) is 0 Å². The second kappa shape index (κ2) is 31.0. The number of unbranched alkanes of at least 4 members (excludes halogenated alkanes) is 23. The molecule has 5 heteroatoms. The van der Waals surface area contributed by atoms with Gasteiger partial charge in [0.1, 0.15) is 6.10 Å². The number of aliphatic hydroxyl groups is 3. The first kappa shape index (κ1) is 39.1. The number of rotatable bonds is 31. The molecule has 0 radical (unpaired) electrons. The Morgan fingerprint density at radius 2 is 0.975 bits per heavy atom. The third kappa shape index (κ3) is 26.0. The van der Waals surface area contributed by atoms with Crippen LogP contribution in [0.2, 0.25) is 0 Å². The second-order valence-electron chi connectivity index (χ2n) is 12.1. The van der Waals surface area contributed by atoms with Gasteiger partial charge < -0.3 is 20.6 Å². The fourth-order valence-corrected chi connectivity index (χ4v) is 5.30. The molecule has 4 N–H and O–H groups in total. The Hall–Kier alpha value is -0.910. The van der Waals surface area contributed by atoms with E-state index in [0.29, 0.717) is 6.42 Å². The van der Waals surface area contributed by atoms with E-state index >= 15 is 0 Å². The zero-order valence-corrected chi connectivity index (χ0v) is 26.7. The molecule has 0 aliphatic carbocycles. The highest BCUT2D eigenvalue weighted by Crippen LogP contribution is 2.14. The van der Waals surface area contributed by atoms with Crippen molar-refractivity contribution in [2.24, 2.45) is 0 Å². The third-order valence-electron chi connectivity index (χ3n) is 8.13. The molecule has 238 valence electrons. The van der Waals surface area contributed by atoms with E-state index in [1.165, 1.54) is 128 Å². The van der Waals surface area contributed by atoms with Crippen LogP contribution in [0.1, 0.15) is 181 Å². The summed E-state index contributed by atoms with van der Waals surface area (Å²) in [5.41, 5.74) is 0. The van der Waals surface area contributed by atoms with Gasteiger partial charge in [-0.3, -0.25) is 4.79 Å². The van der Waals surface area contributed by atoms with Crippen LogP contribution in [0.25, 0.3) is 0 Å². The highest BCUT2D eigenvalue weighted by Gasteiger charge is 2.22. The molecule has 3 atom stereocenters. The molecule has 0 saturated carbocycles. The first-order valence-electron chi connectivity index (χ1n) is 17.5. The van der Waals surface area contributed by atoms with Crippen molar-refractivity contribution < 1.29 is 20.1 Å². The molecule has 40 heavy (non-hydrogen) atoms. The van der Waals surface area contributed by atoms with Crippen LogP contribution in [0.5, 0.6) is 0 Å². The van der Waals surface area contributed by atoms with Gasteiger partial charge in [0.15, 0.2) is 0 Å². The van der Waals surface area contributed by atoms with E-state index in [9.17, 15) is 20.1 Å². The van der Waals surface area contributed by atoms with Crippen LogP contribution in [0.3, 0.4) is 0 Å². The Bertz CT molecular complexity index is 554. The maximum Gasteiger partial charge on any atom is 0.249 e. The minimum absolute atomic E-state index is 0.360. The molecule has 0 spiro atoms. The number of nitrogens with one attached hydrogen (secondary N) is 1. The zero-order valence-electron chi connectivity index (χ0n) is 26.7. The van der Waals surface area contributed by atoms with Crippen molar-refractivity contribution in [1.29, 1.82) is 0 Å². The SMILES string of the molecule is CCCCCCCCCCCC/C=C/C(O)C(CO)NC(=O)C(O)CCCCCCCCCCCCCCCC. The van der Waals surface area contributed by atoms with Gasteiger partial charge in [0.2, 0.25) is 5.91 Å². The zero-order chi connectivity index (χ0) is 29.5. The van der Waals surface area contributed by atoms with Crippen molar-refractivity contribution in [3.63, 3.8) is 0 Å². The number of carbonyl (C=O) groups is 1. The highest BCUT2D eigenvalue weighted by molar-refractivity contribution is 5.80. The number of hydrogen-bond acceptors (Lipinski definition) is 4. The summed E-state index contributed by atoms with van der Waals surface area (Å²) in [5.74, 6) is -0.504. The van der Waals surface area contributed by atoms with Gasteiger partial charge in [-0.1, -0.05) is 174 Å². The molecular formula is C35H69NO4. The lowest BCUT2D eigenvalue weighted by Gasteiger charge is -2.21. The van der Waals surface area contributed by atoms with Gasteiger partial charge in [-0.05, 0) is 19.3 Å². The minimum atomic E-state index is -1.09.